The van der Waals surface area contributed by atoms with Gasteiger partial charge in [-0.05, 0) is 19.1 Å². The Balaban J connectivity index is 2.43. The Bertz CT molecular complexity index is 731. The van der Waals surface area contributed by atoms with Gasteiger partial charge < -0.3 is 0 Å². The minimum atomic E-state index is -3.18. The van der Waals surface area contributed by atoms with Crippen LogP contribution in [0.15, 0.2) is 35.4 Å². The maximum absolute atomic E-state index is 11.4. The van der Waals surface area contributed by atoms with Crippen LogP contribution in [0.5, 0.6) is 0 Å². The summed E-state index contributed by atoms with van der Waals surface area (Å²) in [5.41, 5.74) is 1.56. The summed E-state index contributed by atoms with van der Waals surface area (Å²) in [7, 11) is -3.18. The molecule has 0 N–H and O–H groups in total. The molecule has 0 bridgehead atoms. The van der Waals surface area contributed by atoms with E-state index in [4.69, 9.17) is 12.2 Å². The lowest BCUT2D eigenvalue weighted by molar-refractivity contribution is 0.602. The number of hydrogen-bond acceptors (Lipinski definition) is 4. The van der Waals surface area contributed by atoms with E-state index < -0.39 is 9.84 Å². The Kier molecular flexibility index (Phi) is 3.80. The summed E-state index contributed by atoms with van der Waals surface area (Å²) < 4.78 is 24.9. The fourth-order valence-electron chi connectivity index (χ4n) is 1.68. The van der Waals surface area contributed by atoms with Gasteiger partial charge in [0.05, 0.1) is 10.6 Å². The van der Waals surface area contributed by atoms with E-state index in [1.165, 1.54) is 6.26 Å². The van der Waals surface area contributed by atoms with Crippen LogP contribution >= 0.6 is 24.8 Å². The molecule has 7 heteroatoms. The number of aromatic nitrogens is 2. The first kappa shape index (κ1) is 14.2. The summed E-state index contributed by atoms with van der Waals surface area (Å²) in [5, 5.41) is 0. The number of benzene rings is 1. The van der Waals surface area contributed by atoms with Gasteiger partial charge in [0.25, 0.3) is 0 Å². The number of nitrogens with zero attached hydrogens (tertiary/aromatic N) is 2. The number of sulfone groups is 1. The van der Waals surface area contributed by atoms with Crippen LogP contribution in [-0.2, 0) is 9.84 Å². The molecule has 1 heterocycles. The van der Waals surface area contributed by atoms with Crippen molar-refractivity contribution in [3.8, 4) is 11.3 Å². The van der Waals surface area contributed by atoms with E-state index >= 15 is 0 Å². The molecule has 0 fully saturated rings. The minimum absolute atomic E-state index is 0.289. The molecule has 0 atom stereocenters. The van der Waals surface area contributed by atoms with Crippen molar-refractivity contribution in [2.75, 3.05) is 6.26 Å². The maximum atomic E-state index is 11.4. The molecule has 0 amide bonds. The quantitative estimate of drug-likeness (QED) is 0.683. The molecular formula is C12H12N2O2S3. The number of rotatable bonds is 2. The zero-order chi connectivity index (χ0) is 14.2. The van der Waals surface area contributed by atoms with E-state index in [1.807, 2.05) is 6.92 Å². The van der Waals surface area contributed by atoms with Gasteiger partial charge in [-0.1, -0.05) is 24.4 Å². The molecule has 0 saturated carbocycles. The van der Waals surface area contributed by atoms with E-state index in [0.29, 0.717) is 4.32 Å². The number of hydrogen-bond donors (Lipinski definition) is 1. The molecule has 1 aromatic heterocycles. The van der Waals surface area contributed by atoms with Crippen molar-refractivity contribution in [3.05, 3.63) is 36.3 Å². The molecule has 4 nitrogen and oxygen atoms in total. The molecule has 0 unspecified atom stereocenters. The third-order valence-corrected chi connectivity index (χ3v) is 4.21. The fraction of sp³-hybridized carbons (Fsp3) is 0.167. The van der Waals surface area contributed by atoms with Gasteiger partial charge >= 0.3 is 0 Å². The van der Waals surface area contributed by atoms with Gasteiger partial charge in [-0.25, -0.2) is 13.4 Å². The van der Waals surface area contributed by atoms with Gasteiger partial charge in [-0.15, -0.1) is 12.6 Å². The number of aryl methyl sites for hydroxylation is 1. The van der Waals surface area contributed by atoms with Crippen molar-refractivity contribution >= 4 is 39.0 Å². The lowest BCUT2D eigenvalue weighted by Gasteiger charge is -2.00. The molecule has 100 valence electrons. The molecule has 1 aromatic carbocycles. The van der Waals surface area contributed by atoms with Gasteiger partial charge in [0, 0.05) is 18.0 Å². The second-order valence-corrected chi connectivity index (χ2v) is 7.25. The van der Waals surface area contributed by atoms with Gasteiger partial charge in [0.15, 0.2) is 9.84 Å². The average Bonchev–Trinajstić information content (AvgIpc) is 2.70. The first-order valence-corrected chi connectivity index (χ1v) is 8.13. The molecule has 0 aliphatic rings. The average molecular weight is 312 g/mol. The van der Waals surface area contributed by atoms with Crippen LogP contribution in [-0.4, -0.2) is 28.5 Å². The fourth-order valence-corrected chi connectivity index (χ4v) is 2.70. The van der Waals surface area contributed by atoms with E-state index in [-0.39, 0.29) is 4.90 Å². The van der Waals surface area contributed by atoms with Crippen LogP contribution in [0.25, 0.3) is 11.3 Å². The summed E-state index contributed by atoms with van der Waals surface area (Å²) >= 11 is 9.10. The normalized spacial score (nSPS) is 11.5. The van der Waals surface area contributed by atoms with Crippen LogP contribution in [0.1, 0.15) is 5.82 Å². The SMILES string of the molecule is Cc1nc(-c2ccc(S(C)(=O)=O)cc2)cn1C(=S)S. The van der Waals surface area contributed by atoms with Crippen molar-refractivity contribution in [1.29, 1.82) is 0 Å². The summed E-state index contributed by atoms with van der Waals surface area (Å²) in [4.78, 5) is 4.66. The largest absolute Gasteiger partial charge is 0.289 e. The van der Waals surface area contributed by atoms with E-state index in [9.17, 15) is 8.42 Å². The molecule has 0 aliphatic heterocycles. The Morgan fingerprint density at radius 3 is 2.32 bits per heavy atom. The lowest BCUT2D eigenvalue weighted by Crippen LogP contribution is -2.01. The Labute approximate surface area is 122 Å². The highest BCUT2D eigenvalue weighted by molar-refractivity contribution is 8.11. The predicted octanol–water partition coefficient (Wildman–Crippen LogP) is 2.32. The minimum Gasteiger partial charge on any atom is -0.289 e. The smallest absolute Gasteiger partial charge is 0.175 e. The molecule has 0 radical (unpaired) electrons. The lowest BCUT2D eigenvalue weighted by atomic mass is 10.2. The number of imidazole rings is 1. The summed E-state index contributed by atoms with van der Waals surface area (Å²) in [6, 6.07) is 6.59. The van der Waals surface area contributed by atoms with E-state index in [0.717, 1.165) is 17.1 Å². The molecule has 19 heavy (non-hydrogen) atoms. The van der Waals surface area contributed by atoms with Crippen molar-refractivity contribution in [2.24, 2.45) is 0 Å². The van der Waals surface area contributed by atoms with Crippen LogP contribution in [0.4, 0.5) is 0 Å². The number of thiocarbonyl (C=S) groups is 1. The van der Waals surface area contributed by atoms with Crippen LogP contribution < -0.4 is 0 Å². The van der Waals surface area contributed by atoms with Gasteiger partial charge in [-0.3, -0.25) is 4.57 Å². The molecule has 2 aromatic rings. The first-order valence-electron chi connectivity index (χ1n) is 5.39. The van der Waals surface area contributed by atoms with Crippen molar-refractivity contribution in [1.82, 2.24) is 9.55 Å². The highest BCUT2D eigenvalue weighted by Crippen LogP contribution is 2.21. The standard InChI is InChI=1S/C12H12N2O2S3/c1-8-13-11(7-14(8)12(17)18)9-3-5-10(6-4-9)19(2,15)16/h3-7H,1-2H3,(H,17,18). The molecule has 2 rings (SSSR count). The summed E-state index contributed by atoms with van der Waals surface area (Å²) in [6.45, 7) is 1.83. The maximum Gasteiger partial charge on any atom is 0.175 e. The summed E-state index contributed by atoms with van der Waals surface area (Å²) in [6.07, 6.45) is 2.96. The van der Waals surface area contributed by atoms with Crippen LogP contribution in [0.3, 0.4) is 0 Å². The molecule has 0 saturated heterocycles. The third-order valence-electron chi connectivity index (χ3n) is 2.67. The van der Waals surface area contributed by atoms with E-state index in [1.54, 1.807) is 35.0 Å². The zero-order valence-corrected chi connectivity index (χ0v) is 12.9. The Hall–Kier alpha value is -1.18. The van der Waals surface area contributed by atoms with Gasteiger partial charge in [-0.2, -0.15) is 0 Å². The Morgan fingerprint density at radius 1 is 1.32 bits per heavy atom. The first-order chi connectivity index (χ1) is 8.79. The second-order valence-electron chi connectivity index (χ2n) is 4.12. The third kappa shape index (κ3) is 3.05. The second kappa shape index (κ2) is 5.07. The van der Waals surface area contributed by atoms with Crippen molar-refractivity contribution in [3.63, 3.8) is 0 Å². The summed E-state index contributed by atoms with van der Waals surface area (Å²) in [5.74, 6) is 0.738. The van der Waals surface area contributed by atoms with Crippen LogP contribution in [0, 0.1) is 6.92 Å². The van der Waals surface area contributed by atoms with Crippen LogP contribution in [0.2, 0.25) is 0 Å². The van der Waals surface area contributed by atoms with Crippen molar-refractivity contribution < 1.29 is 8.42 Å². The topological polar surface area (TPSA) is 52.0 Å². The Morgan fingerprint density at radius 2 is 1.89 bits per heavy atom. The molecule has 0 spiro atoms. The highest BCUT2D eigenvalue weighted by atomic mass is 32.2. The van der Waals surface area contributed by atoms with Crippen molar-refractivity contribution in [2.45, 2.75) is 11.8 Å². The van der Waals surface area contributed by atoms with Gasteiger partial charge in [0.2, 0.25) is 0 Å². The van der Waals surface area contributed by atoms with E-state index in [2.05, 4.69) is 17.6 Å². The molecule has 0 aliphatic carbocycles. The number of thiol groups is 1. The highest BCUT2D eigenvalue weighted by Gasteiger charge is 2.10. The monoisotopic (exact) mass is 312 g/mol. The van der Waals surface area contributed by atoms with Gasteiger partial charge in [0.1, 0.15) is 10.1 Å². The predicted molar refractivity (Wildman–Crippen MR) is 82.5 cm³/mol. The molecular weight excluding hydrogens is 300 g/mol. The zero-order valence-electron chi connectivity index (χ0n) is 10.4.